The number of aliphatic carboxylic acids is 1. The number of rotatable bonds is 6. The van der Waals surface area contributed by atoms with E-state index in [1.807, 2.05) is 0 Å². The molecule has 4 heteroatoms. The van der Waals surface area contributed by atoms with Gasteiger partial charge in [-0.3, -0.25) is 9.59 Å². The third-order valence-electron chi connectivity index (χ3n) is 4.62. The number of nitrogens with one attached hydrogen (secondary N) is 1. The Morgan fingerprint density at radius 1 is 1.28 bits per heavy atom. The highest BCUT2D eigenvalue weighted by atomic mass is 16.4. The molecule has 4 atom stereocenters. The molecule has 2 N–H and O–H groups in total. The summed E-state index contributed by atoms with van der Waals surface area (Å²) < 4.78 is 0. The first-order valence-electron chi connectivity index (χ1n) is 7.07. The van der Waals surface area contributed by atoms with Gasteiger partial charge >= 0.3 is 5.97 Å². The molecule has 0 radical (unpaired) electrons. The van der Waals surface area contributed by atoms with E-state index in [0.29, 0.717) is 18.8 Å². The Morgan fingerprint density at radius 3 is 2.61 bits per heavy atom. The Bertz CT molecular complexity index is 329. The van der Waals surface area contributed by atoms with Crippen molar-refractivity contribution >= 4 is 11.9 Å². The van der Waals surface area contributed by atoms with Gasteiger partial charge in [0.15, 0.2) is 0 Å². The molecule has 0 unspecified atom stereocenters. The lowest BCUT2D eigenvalue weighted by Gasteiger charge is -2.28. The van der Waals surface area contributed by atoms with Gasteiger partial charge in [-0.25, -0.2) is 0 Å². The molecule has 2 rings (SSSR count). The van der Waals surface area contributed by atoms with Crippen LogP contribution in [0.1, 0.15) is 51.9 Å². The van der Waals surface area contributed by atoms with Crippen molar-refractivity contribution in [2.24, 2.45) is 17.8 Å². The predicted molar refractivity (Wildman–Crippen MR) is 68.0 cm³/mol. The van der Waals surface area contributed by atoms with Crippen LogP contribution in [-0.2, 0) is 9.59 Å². The third kappa shape index (κ3) is 3.24. The Labute approximate surface area is 108 Å². The second-order valence-electron chi connectivity index (χ2n) is 5.94. The van der Waals surface area contributed by atoms with Crippen molar-refractivity contribution in [2.45, 2.75) is 57.9 Å². The van der Waals surface area contributed by atoms with Gasteiger partial charge in [-0.1, -0.05) is 6.42 Å². The predicted octanol–water partition coefficient (Wildman–Crippen LogP) is 2.18. The van der Waals surface area contributed by atoms with Crippen LogP contribution in [0.5, 0.6) is 0 Å². The molecule has 0 aromatic heterocycles. The molecule has 2 fully saturated rings. The molecule has 2 saturated carbocycles. The minimum absolute atomic E-state index is 0.00604. The average Bonchev–Trinajstić information content (AvgIpc) is 2.89. The highest BCUT2D eigenvalue weighted by molar-refractivity contribution is 5.77. The maximum atomic E-state index is 11.7. The van der Waals surface area contributed by atoms with Crippen molar-refractivity contribution in [3.05, 3.63) is 0 Å². The van der Waals surface area contributed by atoms with E-state index in [-0.39, 0.29) is 18.4 Å². The van der Waals surface area contributed by atoms with E-state index in [2.05, 4.69) is 12.2 Å². The third-order valence-corrected chi connectivity index (χ3v) is 4.62. The zero-order valence-electron chi connectivity index (χ0n) is 11.0. The highest BCUT2D eigenvalue weighted by Gasteiger charge is 2.41. The first kappa shape index (κ1) is 13.4. The molecule has 4 nitrogen and oxygen atoms in total. The summed E-state index contributed by atoms with van der Waals surface area (Å²) in [4.78, 5) is 22.1. The van der Waals surface area contributed by atoms with Crippen LogP contribution in [0.25, 0.3) is 0 Å². The van der Waals surface area contributed by atoms with Gasteiger partial charge in [0.2, 0.25) is 5.91 Å². The second-order valence-corrected chi connectivity index (χ2v) is 5.94. The number of amides is 1. The molecule has 2 aliphatic rings. The molecule has 0 aliphatic heterocycles. The fraction of sp³-hybridized carbons (Fsp3) is 0.857. The van der Waals surface area contributed by atoms with Gasteiger partial charge in [0, 0.05) is 18.9 Å². The van der Waals surface area contributed by atoms with Crippen molar-refractivity contribution in [1.29, 1.82) is 0 Å². The lowest BCUT2D eigenvalue weighted by Crippen LogP contribution is -2.40. The molecule has 0 aromatic rings. The molecule has 0 aromatic carbocycles. The Morgan fingerprint density at radius 2 is 2.06 bits per heavy atom. The number of carbonyl (C=O) groups is 2. The fourth-order valence-electron chi connectivity index (χ4n) is 3.74. The number of carboxylic acid groups (broad SMARTS) is 1. The molecule has 18 heavy (non-hydrogen) atoms. The number of fused-ring (bicyclic) bond motifs is 2. The number of hydrogen-bond donors (Lipinski definition) is 2. The largest absolute Gasteiger partial charge is 0.481 e. The average molecular weight is 253 g/mol. The first-order chi connectivity index (χ1) is 8.56. The second kappa shape index (κ2) is 5.72. The Balaban J connectivity index is 1.69. The van der Waals surface area contributed by atoms with Gasteiger partial charge in [-0.05, 0) is 50.4 Å². The highest BCUT2D eigenvalue weighted by Crippen LogP contribution is 2.49. The molecule has 0 heterocycles. The minimum Gasteiger partial charge on any atom is -0.481 e. The van der Waals surface area contributed by atoms with E-state index >= 15 is 0 Å². The van der Waals surface area contributed by atoms with Crippen LogP contribution in [0.4, 0.5) is 0 Å². The van der Waals surface area contributed by atoms with Gasteiger partial charge < -0.3 is 10.4 Å². The molecule has 1 amide bonds. The van der Waals surface area contributed by atoms with Crippen LogP contribution >= 0.6 is 0 Å². The van der Waals surface area contributed by atoms with Crippen LogP contribution in [-0.4, -0.2) is 23.0 Å². The lowest BCUT2D eigenvalue weighted by molar-refractivity contribution is -0.137. The number of carbonyl (C=O) groups excluding carboxylic acids is 1. The van der Waals surface area contributed by atoms with E-state index < -0.39 is 5.97 Å². The molecule has 102 valence electrons. The molecule has 0 saturated heterocycles. The summed E-state index contributed by atoms with van der Waals surface area (Å²) in [5.41, 5.74) is 0. The van der Waals surface area contributed by atoms with Crippen molar-refractivity contribution in [3.8, 4) is 0 Å². The summed E-state index contributed by atoms with van der Waals surface area (Å²) in [6, 6.07) is 0.248. The van der Waals surface area contributed by atoms with Crippen LogP contribution < -0.4 is 5.32 Å². The molecule has 2 bridgehead atoms. The molecular weight excluding hydrogens is 230 g/mol. The first-order valence-corrected chi connectivity index (χ1v) is 7.07. The lowest BCUT2D eigenvalue weighted by atomic mass is 9.84. The summed E-state index contributed by atoms with van der Waals surface area (Å²) in [5, 5.41) is 11.6. The van der Waals surface area contributed by atoms with Crippen molar-refractivity contribution < 1.29 is 14.7 Å². The summed E-state index contributed by atoms with van der Waals surface area (Å²) in [6.45, 7) is 2.10. The topological polar surface area (TPSA) is 66.4 Å². The van der Waals surface area contributed by atoms with E-state index in [1.165, 1.54) is 25.7 Å². The fourth-order valence-corrected chi connectivity index (χ4v) is 3.74. The zero-order valence-corrected chi connectivity index (χ0v) is 11.0. The maximum Gasteiger partial charge on any atom is 0.303 e. The summed E-state index contributed by atoms with van der Waals surface area (Å²) >= 11 is 0. The van der Waals surface area contributed by atoms with Crippen LogP contribution in [0.15, 0.2) is 0 Å². The Kier molecular flexibility index (Phi) is 4.25. The SMILES string of the molecule is C[C@@H](NC(=O)CCCC(=O)O)[C@@H]1C[C@H]2CC[C@H]1C2. The number of carboxylic acids is 1. The normalized spacial score (nSPS) is 31.3. The van der Waals surface area contributed by atoms with Crippen molar-refractivity contribution in [3.63, 3.8) is 0 Å². The van der Waals surface area contributed by atoms with Gasteiger partial charge in [0.1, 0.15) is 0 Å². The van der Waals surface area contributed by atoms with E-state index in [9.17, 15) is 9.59 Å². The van der Waals surface area contributed by atoms with Crippen molar-refractivity contribution in [2.75, 3.05) is 0 Å². The molecule has 2 aliphatic carbocycles. The minimum atomic E-state index is -0.830. The van der Waals surface area contributed by atoms with Gasteiger partial charge in [0.25, 0.3) is 0 Å². The smallest absolute Gasteiger partial charge is 0.303 e. The van der Waals surface area contributed by atoms with Crippen LogP contribution in [0.3, 0.4) is 0 Å². The van der Waals surface area contributed by atoms with Gasteiger partial charge in [-0.15, -0.1) is 0 Å². The monoisotopic (exact) mass is 253 g/mol. The molecular formula is C14H23NO3. The van der Waals surface area contributed by atoms with E-state index in [4.69, 9.17) is 5.11 Å². The van der Waals surface area contributed by atoms with Crippen LogP contribution in [0, 0.1) is 17.8 Å². The van der Waals surface area contributed by atoms with Crippen molar-refractivity contribution in [1.82, 2.24) is 5.32 Å². The zero-order chi connectivity index (χ0) is 13.1. The summed E-state index contributed by atoms with van der Waals surface area (Å²) in [5.74, 6) is 1.53. The quantitative estimate of drug-likeness (QED) is 0.762. The Hall–Kier alpha value is -1.06. The molecule has 0 spiro atoms. The van der Waals surface area contributed by atoms with E-state index in [0.717, 1.165) is 11.8 Å². The summed E-state index contributed by atoms with van der Waals surface area (Å²) in [7, 11) is 0. The maximum absolute atomic E-state index is 11.7. The van der Waals surface area contributed by atoms with Crippen LogP contribution in [0.2, 0.25) is 0 Å². The summed E-state index contributed by atoms with van der Waals surface area (Å²) in [6.07, 6.45) is 6.16. The number of hydrogen-bond acceptors (Lipinski definition) is 2. The van der Waals surface area contributed by atoms with E-state index in [1.54, 1.807) is 0 Å². The van der Waals surface area contributed by atoms with Gasteiger partial charge in [-0.2, -0.15) is 0 Å². The standard InChI is InChI=1S/C14H23NO3/c1-9(12-8-10-5-6-11(12)7-10)15-13(16)3-2-4-14(17)18/h9-12H,2-8H2,1H3,(H,15,16)(H,17,18)/t9-,10+,11+,12+/m1/s1. The van der Waals surface area contributed by atoms with Gasteiger partial charge in [0.05, 0.1) is 0 Å².